The van der Waals surface area contributed by atoms with E-state index in [1.54, 1.807) is 6.07 Å². The number of aryl methyl sites for hydroxylation is 2. The fourth-order valence-corrected chi connectivity index (χ4v) is 4.96. The Morgan fingerprint density at radius 3 is 2.48 bits per heavy atom. The van der Waals surface area contributed by atoms with Gasteiger partial charge in [-0.2, -0.15) is 0 Å². The molecule has 9 heteroatoms. The van der Waals surface area contributed by atoms with Crippen LogP contribution in [0.2, 0.25) is 0 Å². The molecule has 0 bridgehead atoms. The van der Waals surface area contributed by atoms with Crippen molar-refractivity contribution in [1.29, 1.82) is 0 Å². The second-order valence-corrected chi connectivity index (χ2v) is 9.66. The number of aromatic nitrogens is 1. The topological polar surface area (TPSA) is 83.1 Å². The quantitative estimate of drug-likeness (QED) is 0.278. The molecule has 0 saturated heterocycles. The second-order valence-electron chi connectivity index (χ2n) is 7.40. The summed E-state index contributed by atoms with van der Waals surface area (Å²) in [6.07, 6.45) is 0. The highest BCUT2D eigenvalue weighted by Crippen LogP contribution is 2.31. The fraction of sp³-hybridized carbons (Fsp3) is 0.125. The number of nitrogens with zero attached hydrogens (tertiary/aromatic N) is 1. The molecule has 0 atom stereocenters. The van der Waals surface area contributed by atoms with Crippen molar-refractivity contribution in [2.45, 2.75) is 18.2 Å². The molecule has 4 aromatic rings. The van der Waals surface area contributed by atoms with Crippen LogP contribution in [0.3, 0.4) is 0 Å². The van der Waals surface area contributed by atoms with Crippen molar-refractivity contribution in [2.24, 2.45) is 0 Å². The third kappa shape index (κ3) is 6.09. The van der Waals surface area contributed by atoms with Crippen LogP contribution in [0.25, 0.3) is 10.2 Å². The van der Waals surface area contributed by atoms with Gasteiger partial charge in [0.05, 0.1) is 16.0 Å². The number of thiazole rings is 1. The zero-order chi connectivity index (χ0) is 23.4. The van der Waals surface area contributed by atoms with E-state index in [4.69, 9.17) is 0 Å². The van der Waals surface area contributed by atoms with E-state index < -0.39 is 0 Å². The molecule has 0 spiro atoms. The van der Waals surface area contributed by atoms with E-state index in [0.29, 0.717) is 11.4 Å². The van der Waals surface area contributed by atoms with Gasteiger partial charge in [0.15, 0.2) is 4.34 Å². The van der Waals surface area contributed by atoms with Gasteiger partial charge in [0.1, 0.15) is 5.82 Å². The summed E-state index contributed by atoms with van der Waals surface area (Å²) >= 11 is 2.77. The summed E-state index contributed by atoms with van der Waals surface area (Å²) in [6, 6.07) is 16.7. The van der Waals surface area contributed by atoms with E-state index in [2.05, 4.69) is 20.9 Å². The molecule has 0 radical (unpaired) electrons. The summed E-state index contributed by atoms with van der Waals surface area (Å²) in [6.45, 7) is 3.92. The molecule has 3 amide bonds. The lowest BCUT2D eigenvalue weighted by Crippen LogP contribution is -2.19. The zero-order valence-electron chi connectivity index (χ0n) is 17.9. The van der Waals surface area contributed by atoms with E-state index in [1.165, 1.54) is 47.4 Å². The van der Waals surface area contributed by atoms with Gasteiger partial charge in [-0.1, -0.05) is 23.9 Å². The molecule has 0 aliphatic heterocycles. The van der Waals surface area contributed by atoms with E-state index in [0.717, 1.165) is 31.4 Å². The van der Waals surface area contributed by atoms with Crippen molar-refractivity contribution >= 4 is 62.3 Å². The van der Waals surface area contributed by atoms with Crippen LogP contribution in [-0.4, -0.2) is 22.7 Å². The van der Waals surface area contributed by atoms with Gasteiger partial charge in [-0.25, -0.2) is 14.2 Å². The molecule has 0 aliphatic carbocycles. The summed E-state index contributed by atoms with van der Waals surface area (Å²) in [4.78, 5) is 29.1. The van der Waals surface area contributed by atoms with Gasteiger partial charge in [0.2, 0.25) is 5.91 Å². The van der Waals surface area contributed by atoms with Crippen molar-refractivity contribution in [3.63, 3.8) is 0 Å². The Hall–Kier alpha value is -3.43. The third-order valence-electron chi connectivity index (χ3n) is 4.72. The van der Waals surface area contributed by atoms with Crippen molar-refractivity contribution in [2.75, 3.05) is 21.7 Å². The van der Waals surface area contributed by atoms with Crippen LogP contribution in [-0.2, 0) is 4.79 Å². The van der Waals surface area contributed by atoms with E-state index >= 15 is 0 Å². The lowest BCUT2D eigenvalue weighted by Gasteiger charge is -2.10. The average Bonchev–Trinajstić information content (AvgIpc) is 3.19. The lowest BCUT2D eigenvalue weighted by atomic mass is 10.1. The standard InChI is InChI=1S/C24H21FN4O2S2/c1-14-3-4-15(2)20(11-14)28-23(31)27-18-9-10-19-21(12-18)33-24(29-19)32-13-22(30)26-17-7-5-16(25)6-8-17/h3-12H,13H2,1-2H3,(H,26,30)(H2,27,28,31). The first kappa shape index (κ1) is 22.8. The van der Waals surface area contributed by atoms with Crippen LogP contribution in [0.1, 0.15) is 11.1 Å². The summed E-state index contributed by atoms with van der Waals surface area (Å²) in [7, 11) is 0. The van der Waals surface area contributed by atoms with E-state index in [1.807, 2.05) is 44.2 Å². The summed E-state index contributed by atoms with van der Waals surface area (Å²) < 4.78 is 14.6. The van der Waals surface area contributed by atoms with Crippen LogP contribution < -0.4 is 16.0 Å². The number of rotatable bonds is 6. The number of carbonyl (C=O) groups excluding carboxylic acids is 2. The van der Waals surface area contributed by atoms with Crippen LogP contribution >= 0.6 is 23.1 Å². The fourth-order valence-electron chi connectivity index (χ4n) is 3.06. The Kier molecular flexibility index (Phi) is 6.90. The van der Waals surface area contributed by atoms with Crippen molar-refractivity contribution in [1.82, 2.24) is 4.98 Å². The predicted octanol–water partition coefficient (Wildman–Crippen LogP) is 6.43. The summed E-state index contributed by atoms with van der Waals surface area (Å²) in [5.41, 5.74) is 4.81. The molecule has 1 aromatic heterocycles. The molecule has 6 nitrogen and oxygen atoms in total. The Labute approximate surface area is 198 Å². The lowest BCUT2D eigenvalue weighted by molar-refractivity contribution is -0.113. The molecule has 0 fully saturated rings. The minimum atomic E-state index is -0.353. The first-order valence-electron chi connectivity index (χ1n) is 10.1. The van der Waals surface area contributed by atoms with Gasteiger partial charge in [0.25, 0.3) is 0 Å². The maximum atomic E-state index is 13.0. The summed E-state index contributed by atoms with van der Waals surface area (Å²) in [5, 5.41) is 8.46. The molecule has 168 valence electrons. The molecule has 0 aliphatic rings. The number of fused-ring (bicyclic) bond motifs is 1. The number of anilines is 3. The Morgan fingerprint density at radius 2 is 1.70 bits per heavy atom. The highest BCUT2D eigenvalue weighted by Gasteiger charge is 2.11. The van der Waals surface area contributed by atoms with Crippen molar-refractivity contribution in [3.05, 3.63) is 77.6 Å². The molecular formula is C24H21FN4O2S2. The minimum absolute atomic E-state index is 0.181. The monoisotopic (exact) mass is 480 g/mol. The minimum Gasteiger partial charge on any atom is -0.325 e. The van der Waals surface area contributed by atoms with Crippen LogP contribution in [0.4, 0.5) is 26.2 Å². The average molecular weight is 481 g/mol. The van der Waals surface area contributed by atoms with Crippen molar-refractivity contribution in [3.8, 4) is 0 Å². The number of urea groups is 1. The molecule has 33 heavy (non-hydrogen) atoms. The zero-order valence-corrected chi connectivity index (χ0v) is 19.6. The molecular weight excluding hydrogens is 459 g/mol. The van der Waals surface area contributed by atoms with Gasteiger partial charge in [-0.15, -0.1) is 11.3 Å². The maximum Gasteiger partial charge on any atom is 0.323 e. The Bertz CT molecular complexity index is 1320. The first-order chi connectivity index (χ1) is 15.9. The Balaban J connectivity index is 1.35. The predicted molar refractivity (Wildman–Crippen MR) is 134 cm³/mol. The van der Waals surface area contributed by atoms with Gasteiger partial charge in [-0.05, 0) is 73.5 Å². The normalized spacial score (nSPS) is 10.8. The molecule has 3 aromatic carbocycles. The van der Waals surface area contributed by atoms with Gasteiger partial charge < -0.3 is 16.0 Å². The van der Waals surface area contributed by atoms with Gasteiger partial charge >= 0.3 is 6.03 Å². The molecule has 0 unspecified atom stereocenters. The number of benzene rings is 3. The van der Waals surface area contributed by atoms with Crippen LogP contribution in [0, 0.1) is 19.7 Å². The smallest absolute Gasteiger partial charge is 0.323 e. The van der Waals surface area contributed by atoms with Gasteiger partial charge in [0, 0.05) is 17.1 Å². The second kappa shape index (κ2) is 10.0. The first-order valence-corrected chi connectivity index (χ1v) is 11.9. The number of carbonyl (C=O) groups is 2. The van der Waals surface area contributed by atoms with E-state index in [-0.39, 0.29) is 23.5 Å². The molecule has 4 rings (SSSR count). The number of nitrogens with one attached hydrogen (secondary N) is 3. The van der Waals surface area contributed by atoms with Crippen molar-refractivity contribution < 1.29 is 14.0 Å². The number of hydrogen-bond acceptors (Lipinski definition) is 5. The summed E-state index contributed by atoms with van der Waals surface area (Å²) in [5.74, 6) is -0.370. The SMILES string of the molecule is Cc1ccc(C)c(NC(=O)Nc2ccc3nc(SCC(=O)Nc4ccc(F)cc4)sc3c2)c1. The number of halogens is 1. The van der Waals surface area contributed by atoms with Crippen LogP contribution in [0.15, 0.2) is 65.0 Å². The Morgan fingerprint density at radius 1 is 0.939 bits per heavy atom. The highest BCUT2D eigenvalue weighted by atomic mass is 32.2. The number of thioether (sulfide) groups is 1. The molecule has 3 N–H and O–H groups in total. The highest BCUT2D eigenvalue weighted by molar-refractivity contribution is 8.01. The maximum absolute atomic E-state index is 13.0. The molecule has 0 saturated carbocycles. The van der Waals surface area contributed by atoms with Crippen LogP contribution in [0.5, 0.6) is 0 Å². The third-order valence-corrected chi connectivity index (χ3v) is 6.88. The number of hydrogen-bond donors (Lipinski definition) is 3. The van der Waals surface area contributed by atoms with E-state index in [9.17, 15) is 14.0 Å². The molecule has 1 heterocycles. The number of amides is 3. The van der Waals surface area contributed by atoms with Gasteiger partial charge in [-0.3, -0.25) is 4.79 Å². The largest absolute Gasteiger partial charge is 0.325 e.